The lowest BCUT2D eigenvalue weighted by Gasteiger charge is -2.03. The van der Waals surface area contributed by atoms with Crippen molar-refractivity contribution >= 4 is 44.3 Å². The van der Waals surface area contributed by atoms with Crippen LogP contribution < -0.4 is 4.72 Å². The van der Waals surface area contributed by atoms with E-state index in [0.29, 0.717) is 16.3 Å². The zero-order chi connectivity index (χ0) is 18.0. The Morgan fingerprint density at radius 2 is 2.04 bits per heavy atom. The third-order valence-corrected chi connectivity index (χ3v) is 7.87. The van der Waals surface area contributed by atoms with Crippen LogP contribution in [0.2, 0.25) is 4.34 Å². The summed E-state index contributed by atoms with van der Waals surface area (Å²) in [6, 6.07) is 9.30. The first-order chi connectivity index (χ1) is 11.8. The summed E-state index contributed by atoms with van der Waals surface area (Å²) in [5.41, 5.74) is 1.54. The van der Waals surface area contributed by atoms with Crippen LogP contribution in [0.25, 0.3) is 10.6 Å². The third kappa shape index (κ3) is 4.45. The summed E-state index contributed by atoms with van der Waals surface area (Å²) in [4.78, 5) is 5.42. The molecule has 3 aromatic rings. The second-order valence-electron chi connectivity index (χ2n) is 5.24. The normalized spacial score (nSPS) is 11.8. The van der Waals surface area contributed by atoms with Gasteiger partial charge in [-0.05, 0) is 37.6 Å². The Morgan fingerprint density at radius 3 is 2.72 bits per heavy atom. The van der Waals surface area contributed by atoms with Gasteiger partial charge in [0.1, 0.15) is 15.0 Å². The highest BCUT2D eigenvalue weighted by molar-refractivity contribution is 7.91. The highest BCUT2D eigenvalue weighted by Crippen LogP contribution is 2.29. The van der Waals surface area contributed by atoms with Crippen LogP contribution in [0.1, 0.15) is 10.6 Å². The maximum absolute atomic E-state index is 13.3. The molecule has 0 radical (unpaired) electrons. The maximum atomic E-state index is 13.3. The minimum Gasteiger partial charge on any atom is -0.241 e. The van der Waals surface area contributed by atoms with Gasteiger partial charge in [0.25, 0.3) is 0 Å². The van der Waals surface area contributed by atoms with Crippen molar-refractivity contribution in [3.63, 3.8) is 0 Å². The first kappa shape index (κ1) is 18.5. The summed E-state index contributed by atoms with van der Waals surface area (Å²) in [5, 5.41) is 0.722. The summed E-state index contributed by atoms with van der Waals surface area (Å²) in [6.07, 6.45) is 0.511. The molecule has 9 heteroatoms. The first-order valence-corrected chi connectivity index (χ1v) is 10.8. The minimum absolute atomic E-state index is 0.193. The van der Waals surface area contributed by atoms with Gasteiger partial charge in [-0.3, -0.25) is 0 Å². The lowest BCUT2D eigenvalue weighted by Crippen LogP contribution is -2.25. The van der Waals surface area contributed by atoms with Crippen LogP contribution in [-0.4, -0.2) is 19.9 Å². The number of aryl methyl sites for hydroxylation is 1. The molecular weight excluding hydrogens is 403 g/mol. The number of rotatable bonds is 6. The molecule has 3 rings (SSSR count). The molecule has 2 heterocycles. The highest BCUT2D eigenvalue weighted by atomic mass is 35.5. The Kier molecular flexibility index (Phi) is 5.55. The van der Waals surface area contributed by atoms with Crippen molar-refractivity contribution in [3.8, 4) is 10.6 Å². The molecular formula is C16H14ClFN2O2S3. The van der Waals surface area contributed by atoms with Gasteiger partial charge >= 0.3 is 0 Å². The fraction of sp³-hybridized carbons (Fsp3) is 0.188. The lowest BCUT2D eigenvalue weighted by molar-refractivity contribution is 0.584. The number of aromatic nitrogens is 1. The van der Waals surface area contributed by atoms with Crippen molar-refractivity contribution in [2.24, 2.45) is 0 Å². The summed E-state index contributed by atoms with van der Waals surface area (Å²) in [7, 11) is -3.55. The predicted octanol–water partition coefficient (Wildman–Crippen LogP) is 4.49. The number of sulfonamides is 1. The number of halogens is 2. The van der Waals surface area contributed by atoms with Crippen LogP contribution >= 0.6 is 34.3 Å². The Labute approximate surface area is 158 Å². The van der Waals surface area contributed by atoms with Crippen LogP contribution in [0.15, 0.2) is 40.6 Å². The molecule has 0 fully saturated rings. The molecule has 0 saturated carbocycles. The Balaban J connectivity index is 1.68. The van der Waals surface area contributed by atoms with Gasteiger partial charge in [-0.25, -0.2) is 22.5 Å². The van der Waals surface area contributed by atoms with E-state index in [4.69, 9.17) is 11.6 Å². The Hall–Kier alpha value is -1.32. The average molecular weight is 417 g/mol. The number of thiazole rings is 1. The Bertz CT molecular complexity index is 998. The number of nitrogens with zero attached hydrogens (tertiary/aromatic N) is 1. The molecule has 0 amide bonds. The van der Waals surface area contributed by atoms with Crippen molar-refractivity contribution in [3.05, 3.63) is 57.1 Å². The van der Waals surface area contributed by atoms with Crippen molar-refractivity contribution in [2.45, 2.75) is 17.6 Å². The zero-order valence-corrected chi connectivity index (χ0v) is 16.3. The molecule has 0 saturated heterocycles. The number of nitrogens with one attached hydrogen (secondary N) is 1. The van der Waals surface area contributed by atoms with E-state index in [1.165, 1.54) is 29.5 Å². The molecule has 0 aliphatic heterocycles. The molecule has 0 atom stereocenters. The fourth-order valence-corrected chi connectivity index (χ4v) is 5.83. The van der Waals surface area contributed by atoms with E-state index in [-0.39, 0.29) is 16.6 Å². The van der Waals surface area contributed by atoms with Gasteiger partial charge in [-0.15, -0.1) is 22.7 Å². The van der Waals surface area contributed by atoms with Gasteiger partial charge in [0.2, 0.25) is 10.0 Å². The second kappa shape index (κ2) is 7.51. The maximum Gasteiger partial charge on any atom is 0.250 e. The third-order valence-electron chi connectivity index (χ3n) is 3.42. The molecule has 0 bridgehead atoms. The van der Waals surface area contributed by atoms with Crippen molar-refractivity contribution in [2.75, 3.05) is 6.54 Å². The van der Waals surface area contributed by atoms with Gasteiger partial charge in [0, 0.05) is 17.0 Å². The van der Waals surface area contributed by atoms with E-state index in [1.807, 2.05) is 6.92 Å². The monoisotopic (exact) mass is 416 g/mol. The molecule has 0 unspecified atom stereocenters. The number of benzene rings is 1. The summed E-state index contributed by atoms with van der Waals surface area (Å²) >= 11 is 8.24. The molecule has 0 spiro atoms. The van der Waals surface area contributed by atoms with Gasteiger partial charge < -0.3 is 0 Å². The van der Waals surface area contributed by atoms with E-state index in [1.54, 1.807) is 18.2 Å². The van der Waals surface area contributed by atoms with Gasteiger partial charge in [0.05, 0.1) is 10.0 Å². The lowest BCUT2D eigenvalue weighted by atomic mass is 10.2. The van der Waals surface area contributed by atoms with Gasteiger partial charge in [-0.1, -0.05) is 23.7 Å². The smallest absolute Gasteiger partial charge is 0.241 e. The SMILES string of the molecule is Cc1nc(-c2cccc(F)c2)sc1CCNS(=O)(=O)c1ccc(Cl)s1. The van der Waals surface area contributed by atoms with Crippen LogP contribution in [0, 0.1) is 12.7 Å². The molecule has 1 N–H and O–H groups in total. The van der Waals surface area contributed by atoms with Crippen LogP contribution in [-0.2, 0) is 16.4 Å². The van der Waals surface area contributed by atoms with Crippen molar-refractivity contribution < 1.29 is 12.8 Å². The first-order valence-electron chi connectivity index (χ1n) is 7.32. The van der Waals surface area contributed by atoms with Crippen LogP contribution in [0.3, 0.4) is 0 Å². The van der Waals surface area contributed by atoms with Crippen LogP contribution in [0.5, 0.6) is 0 Å². The fourth-order valence-electron chi connectivity index (χ4n) is 2.22. The van der Waals surface area contributed by atoms with Crippen molar-refractivity contribution in [1.29, 1.82) is 0 Å². The summed E-state index contributed by atoms with van der Waals surface area (Å²) in [5.74, 6) is -0.311. The van der Waals surface area contributed by atoms with E-state index >= 15 is 0 Å². The molecule has 25 heavy (non-hydrogen) atoms. The number of thiophene rings is 1. The average Bonchev–Trinajstić information content (AvgIpc) is 3.14. The molecule has 2 aromatic heterocycles. The minimum atomic E-state index is -3.55. The molecule has 4 nitrogen and oxygen atoms in total. The predicted molar refractivity (Wildman–Crippen MR) is 100 cm³/mol. The molecule has 0 aliphatic rings. The second-order valence-corrected chi connectivity index (χ2v) is 10.0. The zero-order valence-electron chi connectivity index (χ0n) is 13.1. The van der Waals surface area contributed by atoms with Crippen molar-refractivity contribution in [1.82, 2.24) is 9.71 Å². The number of hydrogen-bond donors (Lipinski definition) is 1. The summed E-state index contributed by atoms with van der Waals surface area (Å²) < 4.78 is 40.9. The highest BCUT2D eigenvalue weighted by Gasteiger charge is 2.17. The topological polar surface area (TPSA) is 59.1 Å². The summed E-state index contributed by atoms with van der Waals surface area (Å²) in [6.45, 7) is 2.12. The van der Waals surface area contributed by atoms with E-state index in [2.05, 4.69) is 9.71 Å². The largest absolute Gasteiger partial charge is 0.250 e. The van der Waals surface area contributed by atoms with E-state index in [0.717, 1.165) is 26.9 Å². The standard InChI is InChI=1S/C16H14ClFN2O2S3/c1-10-13(23-16(20-10)11-3-2-4-12(18)9-11)7-8-19-25(21,22)15-6-5-14(17)24-15/h2-6,9,19H,7-8H2,1H3. The number of hydrogen-bond acceptors (Lipinski definition) is 5. The molecule has 0 aliphatic carbocycles. The quantitative estimate of drug-likeness (QED) is 0.643. The molecule has 132 valence electrons. The van der Waals surface area contributed by atoms with Gasteiger partial charge in [-0.2, -0.15) is 0 Å². The Morgan fingerprint density at radius 1 is 1.24 bits per heavy atom. The van der Waals surface area contributed by atoms with Gasteiger partial charge in [0.15, 0.2) is 0 Å². The molecule has 1 aromatic carbocycles. The van der Waals surface area contributed by atoms with Crippen LogP contribution in [0.4, 0.5) is 4.39 Å². The van der Waals surface area contributed by atoms with E-state index < -0.39 is 10.0 Å². The van der Waals surface area contributed by atoms with E-state index in [9.17, 15) is 12.8 Å².